The first-order valence-corrected chi connectivity index (χ1v) is 10.5. The van der Waals surface area contributed by atoms with E-state index in [0.29, 0.717) is 5.04 Å². The molecule has 0 radical (unpaired) electrons. The predicted octanol–water partition coefficient (Wildman–Crippen LogP) is 5.92. The van der Waals surface area contributed by atoms with Gasteiger partial charge in [-0.1, -0.05) is 52.2 Å². The van der Waals surface area contributed by atoms with Gasteiger partial charge in [-0.2, -0.15) is 0 Å². The Morgan fingerprint density at radius 1 is 0.944 bits per heavy atom. The highest BCUT2D eigenvalue weighted by Gasteiger charge is 2.36. The van der Waals surface area contributed by atoms with E-state index in [1.165, 1.54) is 38.5 Å². The third kappa shape index (κ3) is 8.10. The average molecular weight is 271 g/mol. The van der Waals surface area contributed by atoms with Crippen molar-refractivity contribution >= 4 is 8.32 Å². The third-order valence-corrected chi connectivity index (χ3v) is 8.56. The zero-order valence-corrected chi connectivity index (χ0v) is 14.5. The third-order valence-electron chi connectivity index (χ3n) is 4.02. The first kappa shape index (κ1) is 17.9. The maximum atomic E-state index is 6.17. The Kier molecular flexibility index (Phi) is 8.88. The highest BCUT2D eigenvalue weighted by Crippen LogP contribution is 2.36. The van der Waals surface area contributed by atoms with Crippen LogP contribution >= 0.6 is 0 Å². The van der Waals surface area contributed by atoms with E-state index in [-0.39, 0.29) is 0 Å². The van der Waals surface area contributed by atoms with Gasteiger partial charge >= 0.3 is 0 Å². The van der Waals surface area contributed by atoms with Crippen molar-refractivity contribution in [3.63, 3.8) is 0 Å². The molecule has 0 aromatic rings. The van der Waals surface area contributed by atoms with Gasteiger partial charge in [-0.05, 0) is 44.3 Å². The van der Waals surface area contributed by atoms with E-state index in [4.69, 9.17) is 4.43 Å². The molecule has 0 heterocycles. The maximum absolute atomic E-state index is 6.17. The molecule has 0 aliphatic carbocycles. The molecule has 0 N–H and O–H groups in total. The molecule has 0 unspecified atom stereocenters. The molecular formula is C16H34OSi. The summed E-state index contributed by atoms with van der Waals surface area (Å²) in [6.45, 7) is 14.7. The molecule has 0 atom stereocenters. The summed E-state index contributed by atoms with van der Waals surface area (Å²) < 4.78 is 6.17. The van der Waals surface area contributed by atoms with Crippen LogP contribution in [0.2, 0.25) is 18.1 Å². The highest BCUT2D eigenvalue weighted by molar-refractivity contribution is 6.74. The van der Waals surface area contributed by atoms with Crippen LogP contribution in [0.5, 0.6) is 0 Å². The van der Waals surface area contributed by atoms with Gasteiger partial charge in [-0.15, -0.1) is 0 Å². The van der Waals surface area contributed by atoms with Gasteiger partial charge in [0.1, 0.15) is 0 Å². The Morgan fingerprint density at radius 2 is 1.50 bits per heavy atom. The summed E-state index contributed by atoms with van der Waals surface area (Å²) in [6, 6.07) is 0. The highest BCUT2D eigenvalue weighted by atomic mass is 28.4. The molecule has 0 saturated heterocycles. The summed E-state index contributed by atoms with van der Waals surface area (Å²) in [6.07, 6.45) is 12.3. The fourth-order valence-electron chi connectivity index (χ4n) is 1.61. The van der Waals surface area contributed by atoms with Gasteiger partial charge in [0.2, 0.25) is 0 Å². The average Bonchev–Trinajstić information content (AvgIpc) is 2.25. The number of hydrogen-bond donors (Lipinski definition) is 0. The first-order chi connectivity index (χ1) is 8.31. The molecule has 2 heteroatoms. The van der Waals surface area contributed by atoms with Crippen molar-refractivity contribution in [2.45, 2.75) is 84.4 Å². The fraction of sp³-hybridized carbons (Fsp3) is 0.875. The lowest BCUT2D eigenvalue weighted by Crippen LogP contribution is -2.40. The molecule has 1 nitrogen and oxygen atoms in total. The molecule has 0 aliphatic rings. The SMILES string of the molecule is CC=CCCCCCCCO[Si](C)(C)C(C)(C)C. The molecule has 108 valence electrons. The van der Waals surface area contributed by atoms with Crippen molar-refractivity contribution in [2.75, 3.05) is 6.61 Å². The van der Waals surface area contributed by atoms with E-state index >= 15 is 0 Å². The van der Waals surface area contributed by atoms with E-state index in [1.807, 2.05) is 0 Å². The van der Waals surface area contributed by atoms with E-state index in [2.05, 4.69) is 52.9 Å². The lowest BCUT2D eigenvalue weighted by Gasteiger charge is -2.36. The van der Waals surface area contributed by atoms with Gasteiger partial charge in [-0.25, -0.2) is 0 Å². The molecule has 0 amide bonds. The summed E-state index contributed by atoms with van der Waals surface area (Å²) in [5.74, 6) is 0. The summed E-state index contributed by atoms with van der Waals surface area (Å²) >= 11 is 0. The van der Waals surface area contributed by atoms with Gasteiger partial charge in [0.05, 0.1) is 0 Å². The first-order valence-electron chi connectivity index (χ1n) is 7.56. The van der Waals surface area contributed by atoms with Crippen molar-refractivity contribution in [1.29, 1.82) is 0 Å². The van der Waals surface area contributed by atoms with Crippen LogP contribution in [0.15, 0.2) is 12.2 Å². The van der Waals surface area contributed by atoms with E-state index in [1.54, 1.807) is 0 Å². The molecular weight excluding hydrogens is 236 g/mol. The Labute approximate surface area is 116 Å². The Hall–Kier alpha value is -0.0831. The molecule has 0 aliphatic heterocycles. The van der Waals surface area contributed by atoms with Crippen LogP contribution in [-0.4, -0.2) is 14.9 Å². The molecule has 0 aromatic carbocycles. The van der Waals surface area contributed by atoms with Crippen molar-refractivity contribution in [3.8, 4) is 0 Å². The lowest BCUT2D eigenvalue weighted by atomic mass is 10.1. The van der Waals surface area contributed by atoms with Crippen LogP contribution in [0.25, 0.3) is 0 Å². The second kappa shape index (κ2) is 8.92. The monoisotopic (exact) mass is 270 g/mol. The minimum Gasteiger partial charge on any atom is -0.417 e. The zero-order chi connectivity index (χ0) is 14.1. The Morgan fingerprint density at radius 3 is 2.06 bits per heavy atom. The summed E-state index contributed by atoms with van der Waals surface area (Å²) in [7, 11) is -1.50. The van der Waals surface area contributed by atoms with Gasteiger partial charge in [0, 0.05) is 6.61 Å². The van der Waals surface area contributed by atoms with Crippen molar-refractivity contribution in [1.82, 2.24) is 0 Å². The minimum absolute atomic E-state index is 0.347. The molecule has 0 bridgehead atoms. The maximum Gasteiger partial charge on any atom is 0.191 e. The molecule has 0 aromatic heterocycles. The van der Waals surface area contributed by atoms with Crippen LogP contribution in [0, 0.1) is 0 Å². The molecule has 0 rings (SSSR count). The number of hydrogen-bond acceptors (Lipinski definition) is 1. The number of unbranched alkanes of at least 4 members (excludes halogenated alkanes) is 5. The standard InChI is InChI=1S/C16H34OSi/c1-7-8-9-10-11-12-13-14-15-17-18(5,6)16(2,3)4/h7-8H,9-15H2,1-6H3. The summed E-state index contributed by atoms with van der Waals surface area (Å²) in [5, 5.41) is 0.347. The van der Waals surface area contributed by atoms with Crippen molar-refractivity contribution in [2.24, 2.45) is 0 Å². The zero-order valence-electron chi connectivity index (χ0n) is 13.5. The normalized spacial score (nSPS) is 13.4. The largest absolute Gasteiger partial charge is 0.417 e. The van der Waals surface area contributed by atoms with Gasteiger partial charge in [0.15, 0.2) is 8.32 Å². The summed E-state index contributed by atoms with van der Waals surface area (Å²) in [5.41, 5.74) is 0. The van der Waals surface area contributed by atoms with Crippen LogP contribution in [0.3, 0.4) is 0 Å². The molecule has 0 saturated carbocycles. The second-order valence-electron chi connectivity index (χ2n) is 6.73. The minimum atomic E-state index is -1.50. The van der Waals surface area contributed by atoms with E-state index in [9.17, 15) is 0 Å². The van der Waals surface area contributed by atoms with Gasteiger partial charge < -0.3 is 4.43 Å². The van der Waals surface area contributed by atoms with Gasteiger partial charge in [0.25, 0.3) is 0 Å². The smallest absolute Gasteiger partial charge is 0.191 e. The predicted molar refractivity (Wildman–Crippen MR) is 85.7 cm³/mol. The quantitative estimate of drug-likeness (QED) is 0.287. The fourth-order valence-corrected chi connectivity index (χ4v) is 2.69. The summed E-state index contributed by atoms with van der Waals surface area (Å²) in [4.78, 5) is 0. The van der Waals surface area contributed by atoms with Crippen LogP contribution in [-0.2, 0) is 4.43 Å². The van der Waals surface area contributed by atoms with Gasteiger partial charge in [-0.3, -0.25) is 0 Å². The number of allylic oxidation sites excluding steroid dienone is 2. The second-order valence-corrected chi connectivity index (χ2v) is 11.5. The van der Waals surface area contributed by atoms with Crippen LogP contribution in [0.4, 0.5) is 0 Å². The molecule has 0 fully saturated rings. The van der Waals surface area contributed by atoms with Crippen LogP contribution in [0.1, 0.15) is 66.2 Å². The Balaban J connectivity index is 3.46. The molecule has 0 spiro atoms. The lowest BCUT2D eigenvalue weighted by molar-refractivity contribution is 0.277. The number of rotatable bonds is 9. The molecule has 18 heavy (non-hydrogen) atoms. The van der Waals surface area contributed by atoms with E-state index < -0.39 is 8.32 Å². The van der Waals surface area contributed by atoms with E-state index in [0.717, 1.165) is 6.61 Å². The van der Waals surface area contributed by atoms with Crippen molar-refractivity contribution < 1.29 is 4.43 Å². The topological polar surface area (TPSA) is 9.23 Å². The van der Waals surface area contributed by atoms with Crippen molar-refractivity contribution in [3.05, 3.63) is 12.2 Å². The Bertz CT molecular complexity index is 226. The van der Waals surface area contributed by atoms with Crippen LogP contribution < -0.4 is 0 Å².